The van der Waals surface area contributed by atoms with Crippen LogP contribution in [0.5, 0.6) is 0 Å². The van der Waals surface area contributed by atoms with Crippen molar-refractivity contribution in [2.45, 2.75) is 18.9 Å². The van der Waals surface area contributed by atoms with Crippen molar-refractivity contribution in [2.24, 2.45) is 0 Å². The first-order valence-corrected chi connectivity index (χ1v) is 8.05. The molecule has 0 bridgehead atoms. The van der Waals surface area contributed by atoms with Crippen LogP contribution in [-0.4, -0.2) is 44.2 Å². The molecule has 0 amide bonds. The molecule has 1 aliphatic rings. The van der Waals surface area contributed by atoms with Gasteiger partial charge in [0.2, 0.25) is 0 Å². The number of nitrogens with zero attached hydrogens (tertiary/aromatic N) is 1. The molecule has 1 aromatic heterocycles. The fourth-order valence-electron chi connectivity index (χ4n) is 2.76. The molecule has 4 nitrogen and oxygen atoms in total. The van der Waals surface area contributed by atoms with Gasteiger partial charge in [0, 0.05) is 21.8 Å². The van der Waals surface area contributed by atoms with Crippen LogP contribution in [0.4, 0.5) is 5.69 Å². The van der Waals surface area contributed by atoms with Gasteiger partial charge in [0.25, 0.3) is 0 Å². The van der Waals surface area contributed by atoms with Crippen molar-refractivity contribution in [3.8, 4) is 0 Å². The zero-order valence-electron chi connectivity index (χ0n) is 12.4. The van der Waals surface area contributed by atoms with E-state index in [1.165, 1.54) is 18.4 Å². The largest absolute Gasteiger partial charge is 0.465 e. The summed E-state index contributed by atoms with van der Waals surface area (Å²) in [6.45, 7) is 2.26. The minimum absolute atomic E-state index is 0.263. The first-order valence-electron chi connectivity index (χ1n) is 7.23. The number of thiophene rings is 1. The zero-order valence-corrected chi connectivity index (χ0v) is 13.2. The van der Waals surface area contributed by atoms with Crippen molar-refractivity contribution in [3.05, 3.63) is 29.1 Å². The van der Waals surface area contributed by atoms with Crippen LogP contribution < -0.4 is 5.32 Å². The summed E-state index contributed by atoms with van der Waals surface area (Å²) in [4.78, 5) is 14.7. The number of ether oxygens (including phenoxy) is 1. The molecule has 0 saturated carbocycles. The number of rotatable bonds is 3. The highest BCUT2D eigenvalue weighted by Gasteiger charge is 2.18. The fourth-order valence-corrected chi connectivity index (χ4v) is 3.77. The molecule has 0 atom stereocenters. The maximum atomic E-state index is 11.7. The molecule has 1 fully saturated rings. The summed E-state index contributed by atoms with van der Waals surface area (Å²) in [7, 11) is 3.59. The lowest BCUT2D eigenvalue weighted by Gasteiger charge is -2.30. The first kappa shape index (κ1) is 14.4. The number of carbonyl (C=O) groups excluding carboxylic acids is 1. The van der Waals surface area contributed by atoms with E-state index in [0.29, 0.717) is 10.9 Å². The Morgan fingerprint density at radius 3 is 2.86 bits per heavy atom. The highest BCUT2D eigenvalue weighted by molar-refractivity contribution is 7.20. The minimum Gasteiger partial charge on any atom is -0.465 e. The highest BCUT2D eigenvalue weighted by Crippen LogP contribution is 2.32. The lowest BCUT2D eigenvalue weighted by atomic mass is 10.0. The van der Waals surface area contributed by atoms with Gasteiger partial charge in [-0.15, -0.1) is 11.3 Å². The van der Waals surface area contributed by atoms with Crippen molar-refractivity contribution in [1.29, 1.82) is 0 Å². The third-order valence-electron chi connectivity index (χ3n) is 4.03. The molecule has 112 valence electrons. The van der Waals surface area contributed by atoms with E-state index in [-0.39, 0.29) is 5.97 Å². The Hall–Kier alpha value is -1.59. The van der Waals surface area contributed by atoms with Crippen molar-refractivity contribution < 1.29 is 9.53 Å². The van der Waals surface area contributed by atoms with Crippen molar-refractivity contribution in [1.82, 2.24) is 4.90 Å². The molecule has 0 aliphatic carbocycles. The number of nitrogens with one attached hydrogen (secondary N) is 1. The van der Waals surface area contributed by atoms with Crippen LogP contribution in [0.1, 0.15) is 22.5 Å². The van der Waals surface area contributed by atoms with Crippen LogP contribution in [0, 0.1) is 0 Å². The van der Waals surface area contributed by atoms with Crippen LogP contribution in [0.15, 0.2) is 24.3 Å². The Morgan fingerprint density at radius 1 is 1.38 bits per heavy atom. The van der Waals surface area contributed by atoms with Gasteiger partial charge in [0.1, 0.15) is 4.88 Å². The van der Waals surface area contributed by atoms with E-state index in [1.807, 2.05) is 18.2 Å². The topological polar surface area (TPSA) is 41.6 Å². The SMILES string of the molecule is COC(=O)c1cc2c(NC3CCN(C)CC3)cccc2s1. The van der Waals surface area contributed by atoms with E-state index in [9.17, 15) is 4.79 Å². The normalized spacial score (nSPS) is 17.0. The van der Waals surface area contributed by atoms with Gasteiger partial charge in [-0.1, -0.05) is 6.07 Å². The van der Waals surface area contributed by atoms with Crippen LogP contribution in [0.2, 0.25) is 0 Å². The highest BCUT2D eigenvalue weighted by atomic mass is 32.1. The van der Waals surface area contributed by atoms with Crippen LogP contribution in [0.3, 0.4) is 0 Å². The van der Waals surface area contributed by atoms with Gasteiger partial charge in [0.15, 0.2) is 0 Å². The molecule has 1 N–H and O–H groups in total. The monoisotopic (exact) mass is 304 g/mol. The summed E-state index contributed by atoms with van der Waals surface area (Å²) in [6, 6.07) is 8.62. The quantitative estimate of drug-likeness (QED) is 0.884. The van der Waals surface area contributed by atoms with Crippen molar-refractivity contribution >= 4 is 33.1 Å². The summed E-state index contributed by atoms with van der Waals surface area (Å²) in [5.41, 5.74) is 1.12. The van der Waals surface area contributed by atoms with Crippen LogP contribution in [-0.2, 0) is 4.74 Å². The first-order chi connectivity index (χ1) is 10.2. The van der Waals surface area contributed by atoms with Gasteiger partial charge in [-0.3, -0.25) is 0 Å². The molecule has 21 heavy (non-hydrogen) atoms. The molecule has 1 aromatic carbocycles. The predicted molar refractivity (Wildman–Crippen MR) is 87.3 cm³/mol. The second kappa shape index (κ2) is 6.03. The van der Waals surface area contributed by atoms with Gasteiger partial charge in [-0.05, 0) is 51.2 Å². The molecule has 0 unspecified atom stereocenters. The molecular formula is C16H20N2O2S. The number of carbonyl (C=O) groups is 1. The standard InChI is InChI=1S/C16H20N2O2S/c1-18-8-6-11(7-9-18)17-13-4-3-5-14-12(13)10-15(21-14)16(19)20-2/h3-5,10-11,17H,6-9H2,1-2H3. The summed E-state index contributed by atoms with van der Waals surface area (Å²) in [5.74, 6) is -0.263. The number of methoxy groups -OCH3 is 1. The van der Waals surface area contributed by atoms with E-state index in [2.05, 4.69) is 23.3 Å². The molecule has 2 aromatic rings. The number of hydrogen-bond acceptors (Lipinski definition) is 5. The fraction of sp³-hybridized carbons (Fsp3) is 0.438. The van der Waals surface area contributed by atoms with Crippen molar-refractivity contribution in [3.63, 3.8) is 0 Å². The number of likely N-dealkylation sites (tertiary alicyclic amines) is 1. The molecule has 3 rings (SSSR count). The number of hydrogen-bond donors (Lipinski definition) is 1. The van der Waals surface area contributed by atoms with Crippen LogP contribution in [0.25, 0.3) is 10.1 Å². The average Bonchev–Trinajstić information content (AvgIpc) is 2.94. The molecule has 1 aliphatic heterocycles. The van der Waals surface area contributed by atoms with Gasteiger partial charge in [-0.2, -0.15) is 0 Å². The maximum absolute atomic E-state index is 11.7. The van der Waals surface area contributed by atoms with Crippen molar-refractivity contribution in [2.75, 3.05) is 32.6 Å². The molecule has 0 spiro atoms. The average molecular weight is 304 g/mol. The van der Waals surface area contributed by atoms with Gasteiger partial charge < -0.3 is 15.0 Å². The second-order valence-corrected chi connectivity index (χ2v) is 6.63. The Kier molecular flexibility index (Phi) is 4.12. The lowest BCUT2D eigenvalue weighted by Crippen LogP contribution is -2.36. The second-order valence-electron chi connectivity index (χ2n) is 5.54. The van der Waals surface area contributed by atoms with E-state index < -0.39 is 0 Å². The smallest absolute Gasteiger partial charge is 0.348 e. The number of fused-ring (bicyclic) bond motifs is 1. The Balaban J connectivity index is 1.84. The molecule has 0 radical (unpaired) electrons. The van der Waals surface area contributed by atoms with E-state index in [0.717, 1.165) is 41.7 Å². The van der Waals surface area contributed by atoms with Gasteiger partial charge >= 0.3 is 5.97 Å². The zero-order chi connectivity index (χ0) is 14.8. The third-order valence-corrected chi connectivity index (χ3v) is 5.11. The summed E-state index contributed by atoms with van der Waals surface area (Å²) in [6.07, 6.45) is 2.31. The summed E-state index contributed by atoms with van der Waals surface area (Å²) < 4.78 is 5.93. The molecular weight excluding hydrogens is 284 g/mol. The number of esters is 1. The molecule has 1 saturated heterocycles. The van der Waals surface area contributed by atoms with Gasteiger partial charge in [0.05, 0.1) is 7.11 Å². The Bertz CT molecular complexity index is 645. The van der Waals surface area contributed by atoms with E-state index >= 15 is 0 Å². The molecule has 5 heteroatoms. The number of anilines is 1. The number of benzene rings is 1. The number of piperidine rings is 1. The maximum Gasteiger partial charge on any atom is 0.348 e. The van der Waals surface area contributed by atoms with E-state index in [1.54, 1.807) is 0 Å². The summed E-state index contributed by atoms with van der Waals surface area (Å²) >= 11 is 1.48. The summed E-state index contributed by atoms with van der Waals surface area (Å²) in [5, 5.41) is 4.76. The third kappa shape index (κ3) is 3.04. The molecule has 2 heterocycles. The van der Waals surface area contributed by atoms with E-state index in [4.69, 9.17) is 4.74 Å². The van der Waals surface area contributed by atoms with Gasteiger partial charge in [-0.25, -0.2) is 4.79 Å². The van der Waals surface area contributed by atoms with Crippen LogP contribution >= 0.6 is 11.3 Å². The predicted octanol–water partition coefficient (Wildman–Crippen LogP) is 3.19. The Labute approximate surface area is 128 Å². The lowest BCUT2D eigenvalue weighted by molar-refractivity contribution is 0.0606. The minimum atomic E-state index is -0.263. The Morgan fingerprint density at radius 2 is 2.14 bits per heavy atom.